The number of hydrogen-bond acceptors (Lipinski definition) is 6. The molecule has 0 bridgehead atoms. The van der Waals surface area contributed by atoms with E-state index in [2.05, 4.69) is 25.1 Å². The summed E-state index contributed by atoms with van der Waals surface area (Å²) in [5.74, 6) is -0.0502. The predicted octanol–water partition coefficient (Wildman–Crippen LogP) is 2.79. The zero-order valence-electron chi connectivity index (χ0n) is 17.1. The van der Waals surface area contributed by atoms with Gasteiger partial charge in [0.05, 0.1) is 0 Å². The van der Waals surface area contributed by atoms with Crippen molar-refractivity contribution in [1.29, 1.82) is 0 Å². The summed E-state index contributed by atoms with van der Waals surface area (Å²) in [6.07, 6.45) is 11.3. The zero-order valence-corrected chi connectivity index (χ0v) is 18.1. The molecule has 0 saturated heterocycles. The summed E-state index contributed by atoms with van der Waals surface area (Å²) >= 11 is 0. The van der Waals surface area contributed by atoms with E-state index in [9.17, 15) is 5.11 Å². The van der Waals surface area contributed by atoms with Crippen LogP contribution in [-0.2, 0) is 23.8 Å². The van der Waals surface area contributed by atoms with Crippen LogP contribution in [0.25, 0.3) is 0 Å². The molecule has 1 aliphatic carbocycles. The van der Waals surface area contributed by atoms with E-state index in [1.165, 1.54) is 55.2 Å². The normalized spacial score (nSPS) is 19.9. The molecule has 0 aromatic heterocycles. The van der Waals surface area contributed by atoms with Gasteiger partial charge in [0, 0.05) is 0 Å². The Morgan fingerprint density at radius 2 is 1.82 bits per heavy atom. The fraction of sp³-hybridized carbons (Fsp3) is 0.714. The fourth-order valence-electron chi connectivity index (χ4n) is 4.09. The Hall–Kier alpha value is -0.590. The minimum absolute atomic E-state index is 0.0502. The zero-order chi connectivity index (χ0) is 20.6. The van der Waals surface area contributed by atoms with E-state index in [-0.39, 0.29) is 19.1 Å². The number of nitrogens with two attached hydrogens (primary N) is 1. The Balaban J connectivity index is 1.90. The maximum atomic E-state index is 9.77. The van der Waals surface area contributed by atoms with Gasteiger partial charge < -0.3 is 0 Å². The van der Waals surface area contributed by atoms with Gasteiger partial charge in [-0.2, -0.15) is 0 Å². The first kappa shape index (κ1) is 23.7. The number of aryl methyl sites for hydroxylation is 2. The molecule has 0 saturated carbocycles. The van der Waals surface area contributed by atoms with Gasteiger partial charge in [-0.15, -0.1) is 0 Å². The topological polar surface area (TPSA) is 116 Å². The first-order valence-corrected chi connectivity index (χ1v) is 12.3. The molecule has 162 valence electrons. The van der Waals surface area contributed by atoms with Gasteiger partial charge in [-0.3, -0.25) is 0 Å². The van der Waals surface area contributed by atoms with Crippen LogP contribution < -0.4 is 5.73 Å². The van der Waals surface area contributed by atoms with Crippen molar-refractivity contribution in [3.8, 4) is 0 Å². The van der Waals surface area contributed by atoms with Crippen LogP contribution in [0.4, 0.5) is 0 Å². The van der Waals surface area contributed by atoms with Gasteiger partial charge in [0.1, 0.15) is 0 Å². The summed E-state index contributed by atoms with van der Waals surface area (Å²) in [6, 6.07) is 6.65. The third kappa shape index (κ3) is 7.34. The quantitative estimate of drug-likeness (QED) is 0.265. The van der Waals surface area contributed by atoms with Crippen molar-refractivity contribution in [1.82, 2.24) is 0 Å². The van der Waals surface area contributed by atoms with Crippen LogP contribution in [0.1, 0.15) is 68.6 Å². The van der Waals surface area contributed by atoms with Gasteiger partial charge in [0.2, 0.25) is 0 Å². The van der Waals surface area contributed by atoms with Gasteiger partial charge in [-0.1, -0.05) is 32.6 Å². The van der Waals surface area contributed by atoms with Crippen molar-refractivity contribution in [3.63, 3.8) is 0 Å². The number of benzene rings is 1. The summed E-state index contributed by atoms with van der Waals surface area (Å²) in [4.78, 5) is 27.3. The molecule has 0 aliphatic heterocycles. The molecule has 1 aromatic rings. The minimum atomic E-state index is -4.64. The summed E-state index contributed by atoms with van der Waals surface area (Å²) in [5, 5.41) is 9.77. The molecule has 0 spiro atoms. The molecule has 6 nitrogen and oxygen atoms in total. The molecule has 2 atom stereocenters. The molecular weight excluding hydrogens is 377 g/mol. The molecule has 0 fully saturated rings. The monoisotopic (exact) mass is 415 g/mol. The summed E-state index contributed by atoms with van der Waals surface area (Å²) in [6.45, 7) is 1.61. The molecule has 2 rings (SSSR count). The summed E-state index contributed by atoms with van der Waals surface area (Å²) in [5.41, 5.74) is 9.14. The van der Waals surface area contributed by atoms with Crippen LogP contribution in [0, 0.1) is 5.92 Å². The van der Waals surface area contributed by atoms with E-state index in [1.807, 2.05) is 0 Å². The molecule has 1 aromatic carbocycles. The Morgan fingerprint density at radius 3 is 2.50 bits per heavy atom. The Morgan fingerprint density at radius 1 is 1.11 bits per heavy atom. The molecule has 1 aliphatic rings. The average molecular weight is 416 g/mol. The standard InChI is InChI=1S/C21H38NO5P/c1-2-3-4-5-6-7-8-17-9-10-19-14-20(12-11-18(19)13-17)21(22,15-23)16-27-28(24,25)26/h9-10,13,20,23-26,28H,2-8,11-12,14-16,22H2,1H3/t20-,21?/m1/s1. The van der Waals surface area contributed by atoms with Gasteiger partial charge in [-0.25, -0.2) is 0 Å². The van der Waals surface area contributed by atoms with Crippen molar-refractivity contribution in [2.24, 2.45) is 11.7 Å². The molecule has 0 amide bonds. The van der Waals surface area contributed by atoms with E-state index in [1.54, 1.807) is 0 Å². The molecule has 28 heavy (non-hydrogen) atoms. The van der Waals surface area contributed by atoms with E-state index in [0.717, 1.165) is 19.3 Å². The number of rotatable bonds is 12. The number of unbranched alkanes of at least 4 members (excludes halogenated alkanes) is 5. The Kier molecular flexibility index (Phi) is 9.29. The van der Waals surface area contributed by atoms with Crippen LogP contribution in [0.15, 0.2) is 18.2 Å². The van der Waals surface area contributed by atoms with Crippen molar-refractivity contribution >= 4 is 8.17 Å². The van der Waals surface area contributed by atoms with Crippen molar-refractivity contribution in [3.05, 3.63) is 34.9 Å². The summed E-state index contributed by atoms with van der Waals surface area (Å²) in [7, 11) is -4.64. The Bertz CT molecular complexity index is 607. The first-order valence-electron chi connectivity index (χ1n) is 10.6. The molecule has 6 N–H and O–H groups in total. The molecule has 7 heteroatoms. The van der Waals surface area contributed by atoms with Crippen molar-refractivity contribution < 1.29 is 24.3 Å². The van der Waals surface area contributed by atoms with Crippen molar-refractivity contribution in [2.45, 2.75) is 76.7 Å². The van der Waals surface area contributed by atoms with Gasteiger partial charge in [0.15, 0.2) is 0 Å². The van der Waals surface area contributed by atoms with E-state index in [0.29, 0.717) is 6.42 Å². The predicted molar refractivity (Wildman–Crippen MR) is 114 cm³/mol. The van der Waals surface area contributed by atoms with Gasteiger partial charge >= 0.3 is 136 Å². The third-order valence-corrected chi connectivity index (χ3v) is 6.49. The van der Waals surface area contributed by atoms with Crippen LogP contribution >= 0.6 is 8.17 Å². The maximum absolute atomic E-state index is 9.77. The second-order valence-corrected chi connectivity index (χ2v) is 9.75. The third-order valence-electron chi connectivity index (χ3n) is 5.96. The number of hydrogen-bond donors (Lipinski definition) is 5. The Labute approximate surface area is 169 Å². The van der Waals surface area contributed by atoms with Crippen LogP contribution in [0.5, 0.6) is 0 Å². The number of fused-ring (bicyclic) bond motifs is 1. The fourth-order valence-corrected chi connectivity index (χ4v) is 4.55. The second kappa shape index (κ2) is 11.0. The van der Waals surface area contributed by atoms with Crippen molar-refractivity contribution in [2.75, 3.05) is 13.2 Å². The van der Waals surface area contributed by atoms with Crippen LogP contribution in [-0.4, -0.2) is 38.5 Å². The molecular formula is C21H38NO5P. The van der Waals surface area contributed by atoms with E-state index < -0.39 is 13.7 Å². The van der Waals surface area contributed by atoms with Gasteiger partial charge in [0.25, 0.3) is 0 Å². The summed E-state index contributed by atoms with van der Waals surface area (Å²) < 4.78 is 4.75. The molecule has 0 heterocycles. The SMILES string of the molecule is CCCCCCCCc1ccc2c(c1)CC[C@@H](C(N)(CO)CO[PH](O)(O)O)C2. The molecule has 0 radical (unpaired) electrons. The van der Waals surface area contributed by atoms with E-state index >= 15 is 0 Å². The average Bonchev–Trinajstić information content (AvgIpc) is 2.67. The van der Waals surface area contributed by atoms with Gasteiger partial charge in [-0.05, 0) is 0 Å². The second-order valence-electron chi connectivity index (χ2n) is 8.31. The number of aliphatic hydroxyl groups excluding tert-OH is 1. The van der Waals surface area contributed by atoms with E-state index in [4.69, 9.17) is 24.9 Å². The molecule has 1 unspecified atom stereocenters. The number of aliphatic hydroxyl groups is 1. The first-order chi connectivity index (χ1) is 13.3. The van der Waals surface area contributed by atoms with Crippen LogP contribution in [0.3, 0.4) is 0 Å². The van der Waals surface area contributed by atoms with Crippen LogP contribution in [0.2, 0.25) is 0 Å².